The molecule has 0 aromatic heterocycles. The molecule has 0 bridgehead atoms. The van der Waals surface area contributed by atoms with Crippen LogP contribution in [0.1, 0.15) is 40.0 Å². The van der Waals surface area contributed by atoms with Gasteiger partial charge < -0.3 is 9.47 Å². The molecule has 1 aliphatic heterocycles. The van der Waals surface area contributed by atoms with E-state index < -0.39 is 11.7 Å². The van der Waals surface area contributed by atoms with Crippen molar-refractivity contribution >= 4 is 6.09 Å². The molecule has 1 fully saturated rings. The first-order valence-corrected chi connectivity index (χ1v) is 5.75. The third kappa shape index (κ3) is 4.81. The van der Waals surface area contributed by atoms with E-state index in [1.807, 2.05) is 20.8 Å². The average molecular weight is 230 g/mol. The van der Waals surface area contributed by atoms with Gasteiger partial charge >= 0.3 is 6.09 Å². The number of amides is 1. The maximum absolute atomic E-state index is 11.6. The lowest BCUT2D eigenvalue weighted by atomic mass is 10.1. The van der Waals surface area contributed by atoms with Crippen LogP contribution in [0.2, 0.25) is 0 Å². The Morgan fingerprint density at radius 2 is 2.19 bits per heavy atom. The van der Waals surface area contributed by atoms with Crippen LogP contribution in [0.5, 0.6) is 0 Å². The number of rotatable bonds is 2. The average Bonchev–Trinajstić information content (AvgIpc) is 2.16. The predicted molar refractivity (Wildman–Crippen MR) is 60.7 cm³/mol. The summed E-state index contributed by atoms with van der Waals surface area (Å²) in [6, 6.07) is 0. The number of hydrazine groups is 1. The van der Waals surface area contributed by atoms with Gasteiger partial charge in [0.15, 0.2) is 0 Å². The first-order valence-electron chi connectivity index (χ1n) is 5.75. The quantitative estimate of drug-likeness (QED) is 0.445. The molecule has 5 nitrogen and oxygen atoms in total. The summed E-state index contributed by atoms with van der Waals surface area (Å²) in [6.07, 6.45) is 2.73. The van der Waals surface area contributed by atoms with Crippen LogP contribution in [0, 0.1) is 0 Å². The maximum Gasteiger partial charge on any atom is 0.424 e. The Hall–Kier alpha value is -0.810. The van der Waals surface area contributed by atoms with Gasteiger partial charge in [-0.15, -0.1) is 0 Å². The molecule has 1 heterocycles. The zero-order chi connectivity index (χ0) is 12.2. The van der Waals surface area contributed by atoms with Crippen LogP contribution in [0.3, 0.4) is 0 Å². The Labute approximate surface area is 96.8 Å². The first kappa shape index (κ1) is 13.3. The minimum absolute atomic E-state index is 0.0475. The minimum Gasteiger partial charge on any atom is -0.443 e. The summed E-state index contributed by atoms with van der Waals surface area (Å²) in [7, 11) is 0. The molecule has 0 aromatic rings. The third-order valence-corrected chi connectivity index (χ3v) is 2.30. The summed E-state index contributed by atoms with van der Waals surface area (Å²) in [4.78, 5) is 11.6. The van der Waals surface area contributed by atoms with Crippen molar-refractivity contribution in [3.63, 3.8) is 0 Å². The van der Waals surface area contributed by atoms with Crippen LogP contribution in [0.15, 0.2) is 0 Å². The van der Waals surface area contributed by atoms with E-state index in [4.69, 9.17) is 15.3 Å². The fourth-order valence-electron chi connectivity index (χ4n) is 1.57. The molecule has 1 rings (SSSR count). The van der Waals surface area contributed by atoms with Crippen molar-refractivity contribution in [2.75, 3.05) is 13.2 Å². The molecule has 1 aliphatic rings. The van der Waals surface area contributed by atoms with E-state index in [-0.39, 0.29) is 6.10 Å². The van der Waals surface area contributed by atoms with E-state index in [0.29, 0.717) is 6.54 Å². The highest BCUT2D eigenvalue weighted by molar-refractivity contribution is 5.67. The number of nitrogens with zero attached hydrogens (tertiary/aromatic N) is 1. The van der Waals surface area contributed by atoms with Gasteiger partial charge in [-0.1, -0.05) is 0 Å². The first-order chi connectivity index (χ1) is 7.38. The standard InChI is InChI=1S/C11H22N2O3/c1-11(2,3)16-10(14)13(12)8-9-6-4-5-7-15-9/h9H,4-8,12H2,1-3H3. The highest BCUT2D eigenvalue weighted by Crippen LogP contribution is 2.14. The van der Waals surface area contributed by atoms with Crippen molar-refractivity contribution < 1.29 is 14.3 Å². The van der Waals surface area contributed by atoms with Crippen molar-refractivity contribution in [2.24, 2.45) is 5.84 Å². The van der Waals surface area contributed by atoms with Gasteiger partial charge in [-0.3, -0.25) is 0 Å². The van der Waals surface area contributed by atoms with Crippen LogP contribution in [-0.2, 0) is 9.47 Å². The Balaban J connectivity index is 2.33. The second-order valence-electron chi connectivity index (χ2n) is 5.12. The van der Waals surface area contributed by atoms with Gasteiger partial charge in [0.2, 0.25) is 0 Å². The molecule has 94 valence electrons. The van der Waals surface area contributed by atoms with E-state index in [0.717, 1.165) is 30.9 Å². The number of nitrogens with two attached hydrogens (primary N) is 1. The van der Waals surface area contributed by atoms with E-state index >= 15 is 0 Å². The normalized spacial score (nSPS) is 21.6. The molecule has 1 amide bonds. The van der Waals surface area contributed by atoms with Gasteiger partial charge in [-0.2, -0.15) is 0 Å². The molecular weight excluding hydrogens is 208 g/mol. The predicted octanol–water partition coefficient (Wildman–Crippen LogP) is 1.67. The van der Waals surface area contributed by atoms with Crippen molar-refractivity contribution in [3.05, 3.63) is 0 Å². The van der Waals surface area contributed by atoms with Crippen LogP contribution < -0.4 is 5.84 Å². The topological polar surface area (TPSA) is 64.8 Å². The zero-order valence-electron chi connectivity index (χ0n) is 10.4. The van der Waals surface area contributed by atoms with E-state index in [1.165, 1.54) is 0 Å². The highest BCUT2D eigenvalue weighted by Gasteiger charge is 2.23. The Morgan fingerprint density at radius 3 is 2.69 bits per heavy atom. The Bertz CT molecular complexity index is 232. The van der Waals surface area contributed by atoms with Gasteiger partial charge in [0.05, 0.1) is 12.6 Å². The fraction of sp³-hybridized carbons (Fsp3) is 0.909. The van der Waals surface area contributed by atoms with E-state index in [9.17, 15) is 4.79 Å². The van der Waals surface area contributed by atoms with Gasteiger partial charge in [-0.25, -0.2) is 15.6 Å². The molecular formula is C11H22N2O3. The molecule has 0 saturated carbocycles. The minimum atomic E-state index is -0.512. The van der Waals surface area contributed by atoms with Crippen LogP contribution in [-0.4, -0.2) is 36.0 Å². The number of ether oxygens (including phenoxy) is 2. The zero-order valence-corrected chi connectivity index (χ0v) is 10.4. The number of carbonyl (C=O) groups excluding carboxylic acids is 1. The van der Waals surface area contributed by atoms with Gasteiger partial charge in [0.25, 0.3) is 0 Å². The molecule has 1 unspecified atom stereocenters. The van der Waals surface area contributed by atoms with Gasteiger partial charge in [0.1, 0.15) is 5.60 Å². The maximum atomic E-state index is 11.6. The van der Waals surface area contributed by atoms with Crippen LogP contribution in [0.25, 0.3) is 0 Å². The molecule has 5 heteroatoms. The van der Waals surface area contributed by atoms with Gasteiger partial charge in [0, 0.05) is 6.61 Å². The largest absolute Gasteiger partial charge is 0.443 e. The lowest BCUT2D eigenvalue weighted by Gasteiger charge is -2.28. The summed E-state index contributed by atoms with van der Waals surface area (Å²) < 4.78 is 10.6. The summed E-state index contributed by atoms with van der Waals surface area (Å²) >= 11 is 0. The summed E-state index contributed by atoms with van der Waals surface area (Å²) in [5.74, 6) is 5.63. The number of hydrogen-bond donors (Lipinski definition) is 1. The van der Waals surface area contributed by atoms with Crippen molar-refractivity contribution in [1.82, 2.24) is 5.01 Å². The van der Waals surface area contributed by atoms with Crippen molar-refractivity contribution in [2.45, 2.75) is 51.7 Å². The lowest BCUT2D eigenvalue weighted by molar-refractivity contribution is -0.0197. The van der Waals surface area contributed by atoms with Crippen molar-refractivity contribution in [1.29, 1.82) is 0 Å². The second kappa shape index (κ2) is 5.50. The molecule has 0 radical (unpaired) electrons. The number of carbonyl (C=O) groups is 1. The molecule has 1 atom stereocenters. The molecule has 0 aromatic carbocycles. The molecule has 16 heavy (non-hydrogen) atoms. The fourth-order valence-corrected chi connectivity index (χ4v) is 1.57. The van der Waals surface area contributed by atoms with Crippen LogP contribution in [0.4, 0.5) is 4.79 Å². The SMILES string of the molecule is CC(C)(C)OC(=O)N(N)CC1CCCCO1. The molecule has 1 saturated heterocycles. The number of hydrogen-bond acceptors (Lipinski definition) is 4. The monoisotopic (exact) mass is 230 g/mol. The third-order valence-electron chi connectivity index (χ3n) is 2.30. The molecule has 0 spiro atoms. The summed E-state index contributed by atoms with van der Waals surface area (Å²) in [5.41, 5.74) is -0.512. The second-order valence-corrected chi connectivity index (χ2v) is 5.12. The Kier molecular flexibility index (Phi) is 4.56. The van der Waals surface area contributed by atoms with Crippen molar-refractivity contribution in [3.8, 4) is 0 Å². The Morgan fingerprint density at radius 1 is 1.50 bits per heavy atom. The van der Waals surface area contributed by atoms with Crippen LogP contribution >= 0.6 is 0 Å². The summed E-state index contributed by atoms with van der Waals surface area (Å²) in [5, 5.41) is 1.10. The van der Waals surface area contributed by atoms with Gasteiger partial charge in [-0.05, 0) is 40.0 Å². The van der Waals surface area contributed by atoms with E-state index in [1.54, 1.807) is 0 Å². The smallest absolute Gasteiger partial charge is 0.424 e. The molecule has 0 aliphatic carbocycles. The summed E-state index contributed by atoms with van der Waals surface area (Å²) in [6.45, 7) is 6.60. The lowest BCUT2D eigenvalue weighted by Crippen LogP contribution is -2.46. The van der Waals surface area contributed by atoms with E-state index in [2.05, 4.69) is 0 Å². The highest BCUT2D eigenvalue weighted by atomic mass is 16.6. The molecule has 2 N–H and O–H groups in total.